The number of hydrogen-bond donors (Lipinski definition) is 1. The van der Waals surface area contributed by atoms with Gasteiger partial charge in [-0.1, -0.05) is 24.3 Å². The van der Waals surface area contributed by atoms with Crippen LogP contribution in [0, 0.1) is 6.92 Å². The molecule has 0 bridgehead atoms. The molecule has 1 aliphatic rings. The minimum absolute atomic E-state index is 0.0322. The van der Waals surface area contributed by atoms with Crippen molar-refractivity contribution in [2.75, 3.05) is 26.7 Å². The minimum Gasteiger partial charge on any atom is -0.480 e. The molecule has 1 unspecified atom stereocenters. The molecule has 1 aliphatic heterocycles. The normalized spacial score (nSPS) is 17.7. The van der Waals surface area contributed by atoms with Gasteiger partial charge in [-0.05, 0) is 38.8 Å². The number of carbonyl (C=O) groups is 2. The molecule has 1 amide bonds. The molecule has 1 saturated heterocycles. The lowest BCUT2D eigenvalue weighted by atomic mass is 10.1. The van der Waals surface area contributed by atoms with Gasteiger partial charge in [0.1, 0.15) is 10.7 Å². The van der Waals surface area contributed by atoms with Gasteiger partial charge >= 0.3 is 5.97 Å². The molecule has 1 atom stereocenters. The maximum atomic E-state index is 12.9. The Morgan fingerprint density at radius 2 is 2.07 bits per heavy atom. The van der Waals surface area contributed by atoms with Gasteiger partial charge in [-0.25, -0.2) is 4.98 Å². The van der Waals surface area contributed by atoms with Crippen LogP contribution in [0.4, 0.5) is 0 Å². The van der Waals surface area contributed by atoms with E-state index in [4.69, 9.17) is 5.11 Å². The number of aromatic nitrogens is 1. The highest BCUT2D eigenvalue weighted by Crippen LogP contribution is 2.27. The molecule has 7 heteroatoms. The molecule has 1 aromatic heterocycles. The van der Waals surface area contributed by atoms with E-state index >= 15 is 0 Å². The minimum atomic E-state index is -0.819. The molecule has 3 rings (SSSR count). The van der Waals surface area contributed by atoms with Gasteiger partial charge in [-0.15, -0.1) is 11.3 Å². The Morgan fingerprint density at radius 3 is 2.81 bits per heavy atom. The lowest BCUT2D eigenvalue weighted by molar-refractivity contribution is -0.138. The fourth-order valence-electron chi connectivity index (χ4n) is 3.54. The summed E-state index contributed by atoms with van der Waals surface area (Å²) in [5.74, 6) is -0.853. The second kappa shape index (κ2) is 8.63. The number of aryl methyl sites for hydroxylation is 1. The van der Waals surface area contributed by atoms with Crippen molar-refractivity contribution in [3.8, 4) is 10.6 Å². The van der Waals surface area contributed by atoms with E-state index in [9.17, 15) is 9.59 Å². The number of likely N-dealkylation sites (N-methyl/N-ethyl adjacent to an activating group) is 1. The Morgan fingerprint density at radius 1 is 1.30 bits per heavy atom. The zero-order valence-electron chi connectivity index (χ0n) is 15.7. The summed E-state index contributed by atoms with van der Waals surface area (Å²) in [6.07, 6.45) is 2.55. The largest absolute Gasteiger partial charge is 0.480 e. The van der Waals surface area contributed by atoms with Gasteiger partial charge in [0, 0.05) is 30.1 Å². The average molecular weight is 388 g/mol. The number of amides is 1. The van der Waals surface area contributed by atoms with Crippen LogP contribution in [0.2, 0.25) is 0 Å². The Bertz CT molecular complexity index is 820. The Hall–Kier alpha value is -2.25. The summed E-state index contributed by atoms with van der Waals surface area (Å²) in [6.45, 7) is 3.39. The van der Waals surface area contributed by atoms with Gasteiger partial charge < -0.3 is 10.0 Å². The highest BCUT2D eigenvalue weighted by atomic mass is 32.1. The predicted molar refractivity (Wildman–Crippen MR) is 106 cm³/mol. The fraction of sp³-hybridized carbons (Fsp3) is 0.450. The number of carboxylic acids is 1. The number of aliphatic carboxylic acids is 1. The number of thiazole rings is 1. The average Bonchev–Trinajstić information content (AvgIpc) is 2.98. The van der Waals surface area contributed by atoms with Crippen LogP contribution in [-0.2, 0) is 4.79 Å². The zero-order chi connectivity index (χ0) is 19.4. The van der Waals surface area contributed by atoms with Crippen molar-refractivity contribution in [3.05, 3.63) is 40.9 Å². The van der Waals surface area contributed by atoms with Crippen LogP contribution in [0.3, 0.4) is 0 Å². The second-order valence-electron chi connectivity index (χ2n) is 7.04. The first kappa shape index (κ1) is 19.5. The third-order valence-electron chi connectivity index (χ3n) is 5.09. The van der Waals surface area contributed by atoms with E-state index in [-0.39, 0.29) is 18.5 Å². The standard InChI is InChI=1S/C20H25N3O3S/c1-14-6-3-4-8-16(14)19-21-17(13-27-19)20(26)23-10-5-7-15(9-11-23)22(2)12-18(24)25/h3-4,6,8,13,15H,5,7,9-12H2,1-2H3,(H,24,25). The Balaban J connectivity index is 1.66. The molecule has 2 heterocycles. The van der Waals surface area contributed by atoms with Crippen molar-refractivity contribution >= 4 is 23.2 Å². The van der Waals surface area contributed by atoms with Crippen molar-refractivity contribution in [2.24, 2.45) is 0 Å². The fourth-order valence-corrected chi connectivity index (χ4v) is 4.42. The van der Waals surface area contributed by atoms with Gasteiger partial charge in [0.15, 0.2) is 0 Å². The predicted octanol–water partition coefficient (Wildman–Crippen LogP) is 3.13. The van der Waals surface area contributed by atoms with Crippen LogP contribution in [0.25, 0.3) is 10.6 Å². The molecular weight excluding hydrogens is 362 g/mol. The number of carboxylic acid groups (broad SMARTS) is 1. The van der Waals surface area contributed by atoms with E-state index < -0.39 is 5.97 Å². The number of likely N-dealkylation sites (tertiary alicyclic amines) is 1. The number of rotatable bonds is 5. The summed E-state index contributed by atoms with van der Waals surface area (Å²) in [5, 5.41) is 11.7. The van der Waals surface area contributed by atoms with Gasteiger partial charge in [0.2, 0.25) is 0 Å². The van der Waals surface area contributed by atoms with E-state index in [2.05, 4.69) is 4.98 Å². The number of nitrogens with zero attached hydrogens (tertiary/aromatic N) is 3. The van der Waals surface area contributed by atoms with E-state index in [1.165, 1.54) is 11.3 Å². The van der Waals surface area contributed by atoms with Crippen LogP contribution < -0.4 is 0 Å². The van der Waals surface area contributed by atoms with Gasteiger partial charge in [0.05, 0.1) is 6.54 Å². The van der Waals surface area contributed by atoms with E-state index in [1.807, 2.05) is 53.4 Å². The number of benzene rings is 1. The van der Waals surface area contributed by atoms with Gasteiger partial charge in [-0.2, -0.15) is 0 Å². The van der Waals surface area contributed by atoms with Crippen LogP contribution >= 0.6 is 11.3 Å². The second-order valence-corrected chi connectivity index (χ2v) is 7.90. The van der Waals surface area contributed by atoms with Crippen LogP contribution in [-0.4, -0.2) is 64.5 Å². The molecule has 144 valence electrons. The molecule has 0 saturated carbocycles. The van der Waals surface area contributed by atoms with Gasteiger partial charge in [-0.3, -0.25) is 14.5 Å². The van der Waals surface area contributed by atoms with E-state index in [1.54, 1.807) is 0 Å². The van der Waals surface area contributed by atoms with Crippen molar-refractivity contribution in [1.82, 2.24) is 14.8 Å². The number of carbonyl (C=O) groups excluding carboxylic acids is 1. The third kappa shape index (κ3) is 4.73. The molecule has 1 N–H and O–H groups in total. The lowest BCUT2D eigenvalue weighted by Crippen LogP contribution is -2.37. The quantitative estimate of drug-likeness (QED) is 0.853. The summed E-state index contributed by atoms with van der Waals surface area (Å²) in [6, 6.07) is 8.23. The topological polar surface area (TPSA) is 73.7 Å². The molecule has 1 fully saturated rings. The van der Waals surface area contributed by atoms with Gasteiger partial charge in [0.25, 0.3) is 5.91 Å². The molecule has 0 radical (unpaired) electrons. The SMILES string of the molecule is Cc1ccccc1-c1nc(C(=O)N2CCCC(N(C)CC(=O)O)CC2)cs1. The first-order valence-electron chi connectivity index (χ1n) is 9.18. The Labute approximate surface area is 163 Å². The molecule has 27 heavy (non-hydrogen) atoms. The zero-order valence-corrected chi connectivity index (χ0v) is 16.5. The monoisotopic (exact) mass is 387 g/mol. The summed E-state index contributed by atoms with van der Waals surface area (Å²) in [5.41, 5.74) is 2.70. The smallest absolute Gasteiger partial charge is 0.317 e. The van der Waals surface area contributed by atoms with Crippen LogP contribution in [0.15, 0.2) is 29.6 Å². The molecule has 2 aromatic rings. The van der Waals surface area contributed by atoms with Crippen molar-refractivity contribution in [3.63, 3.8) is 0 Å². The lowest BCUT2D eigenvalue weighted by Gasteiger charge is -2.25. The van der Waals surface area contributed by atoms with E-state index in [0.29, 0.717) is 18.8 Å². The van der Waals surface area contributed by atoms with Crippen LogP contribution in [0.1, 0.15) is 35.3 Å². The summed E-state index contributed by atoms with van der Waals surface area (Å²) >= 11 is 1.49. The highest BCUT2D eigenvalue weighted by molar-refractivity contribution is 7.13. The maximum Gasteiger partial charge on any atom is 0.317 e. The number of hydrogen-bond acceptors (Lipinski definition) is 5. The molecule has 0 aliphatic carbocycles. The maximum absolute atomic E-state index is 12.9. The first-order chi connectivity index (χ1) is 13.0. The molecule has 1 aromatic carbocycles. The molecule has 6 nitrogen and oxygen atoms in total. The summed E-state index contributed by atoms with van der Waals surface area (Å²) in [7, 11) is 1.84. The highest BCUT2D eigenvalue weighted by Gasteiger charge is 2.25. The third-order valence-corrected chi connectivity index (χ3v) is 5.97. The molecule has 0 spiro atoms. The summed E-state index contributed by atoms with van der Waals surface area (Å²) < 4.78 is 0. The van der Waals surface area contributed by atoms with Crippen molar-refractivity contribution in [2.45, 2.75) is 32.2 Å². The Kier molecular flexibility index (Phi) is 6.23. The first-order valence-corrected chi connectivity index (χ1v) is 10.1. The van der Waals surface area contributed by atoms with Crippen molar-refractivity contribution in [1.29, 1.82) is 0 Å². The molecular formula is C20H25N3O3S. The van der Waals surface area contributed by atoms with Crippen molar-refractivity contribution < 1.29 is 14.7 Å². The van der Waals surface area contributed by atoms with E-state index in [0.717, 1.165) is 35.4 Å². The summed E-state index contributed by atoms with van der Waals surface area (Å²) in [4.78, 5) is 32.1. The van der Waals surface area contributed by atoms with Crippen LogP contribution in [0.5, 0.6) is 0 Å².